The molecule has 0 N–H and O–H groups in total. The van der Waals surface area contributed by atoms with Gasteiger partial charge >= 0.3 is 24.4 Å². The second kappa shape index (κ2) is 7.37. The van der Waals surface area contributed by atoms with Crippen molar-refractivity contribution in [2.45, 2.75) is 31.3 Å². The molecule has 29 heavy (non-hydrogen) atoms. The molecule has 1 radical (unpaired) electrons. The van der Waals surface area contributed by atoms with E-state index in [1.54, 1.807) is 0 Å². The minimum Gasteiger partial charge on any atom is -0.405 e. The first-order valence-electron chi connectivity index (χ1n) is 7.39. The molecule has 0 aliphatic rings. The molecule has 0 saturated heterocycles. The molecule has 0 aromatic heterocycles. The molecule has 0 aliphatic carbocycles. The van der Waals surface area contributed by atoms with Crippen LogP contribution in [0.1, 0.15) is 11.1 Å². The molecule has 0 fully saturated rings. The quantitative estimate of drug-likeness (QED) is 0.401. The Kier molecular flexibility index (Phi) is 5.92. The third kappa shape index (κ3) is 4.46. The van der Waals surface area contributed by atoms with E-state index >= 15 is 0 Å². The van der Waals surface area contributed by atoms with Gasteiger partial charge in [-0.2, -0.15) is 26.3 Å². The average molecular weight is 498 g/mol. The van der Waals surface area contributed by atoms with Gasteiger partial charge in [-0.15, -0.1) is 13.2 Å². The standard InChI is InChI=1S/C17H8BrF10O/c1-8-6-10(14(19,15(20,21)22)16(23,24)25)13(11(18)7-8)9-4-2-3-5-12(9)29-17(26,27)28/h2-6H,1H3. The average Bonchev–Trinajstić information content (AvgIpc) is 2.50. The third-order valence-corrected chi connectivity index (χ3v) is 4.29. The van der Waals surface area contributed by atoms with Crippen LogP contribution in [0.3, 0.4) is 0 Å². The lowest BCUT2D eigenvalue weighted by atomic mass is 9.85. The SMILES string of the molecule is Cc1[c]c(Br)c(-c2ccccc2OC(F)(F)F)c(C(F)(C(F)(F)F)C(F)(F)F)c1. The van der Waals surface area contributed by atoms with Crippen molar-refractivity contribution in [3.8, 4) is 16.9 Å². The van der Waals surface area contributed by atoms with Gasteiger partial charge in [-0.1, -0.05) is 24.3 Å². The monoisotopic (exact) mass is 497 g/mol. The minimum atomic E-state index is -6.47. The Morgan fingerprint density at radius 2 is 1.38 bits per heavy atom. The van der Waals surface area contributed by atoms with Gasteiger partial charge in [-0.3, -0.25) is 0 Å². The van der Waals surface area contributed by atoms with E-state index in [-0.39, 0.29) is 11.6 Å². The molecular formula is C17H8BrF10O. The van der Waals surface area contributed by atoms with Gasteiger partial charge in [0.05, 0.1) is 0 Å². The second-order valence-corrected chi connectivity index (χ2v) is 6.55. The smallest absolute Gasteiger partial charge is 0.405 e. The highest BCUT2D eigenvalue weighted by molar-refractivity contribution is 9.10. The van der Waals surface area contributed by atoms with Gasteiger partial charge < -0.3 is 4.74 Å². The number of para-hydroxylation sites is 1. The van der Waals surface area contributed by atoms with Crippen LogP contribution in [0.25, 0.3) is 11.1 Å². The molecule has 0 spiro atoms. The van der Waals surface area contributed by atoms with E-state index in [1.165, 1.54) is 0 Å². The normalized spacial score (nSPS) is 13.5. The molecule has 2 aromatic rings. The number of aryl methyl sites for hydroxylation is 1. The zero-order valence-corrected chi connectivity index (χ0v) is 15.5. The van der Waals surface area contributed by atoms with Crippen LogP contribution in [0.15, 0.2) is 34.8 Å². The summed E-state index contributed by atoms with van der Waals surface area (Å²) in [7, 11) is 0. The van der Waals surface area contributed by atoms with Crippen molar-refractivity contribution < 1.29 is 48.6 Å². The number of alkyl halides is 10. The minimum absolute atomic E-state index is 0.228. The van der Waals surface area contributed by atoms with E-state index in [4.69, 9.17) is 0 Å². The van der Waals surface area contributed by atoms with Crippen LogP contribution in [-0.2, 0) is 5.67 Å². The first-order chi connectivity index (χ1) is 13.0. The first kappa shape index (κ1) is 23.3. The van der Waals surface area contributed by atoms with E-state index in [0.29, 0.717) is 6.07 Å². The topological polar surface area (TPSA) is 9.23 Å². The van der Waals surface area contributed by atoms with E-state index in [9.17, 15) is 43.9 Å². The maximum atomic E-state index is 14.8. The fourth-order valence-electron chi connectivity index (χ4n) is 2.57. The summed E-state index contributed by atoms with van der Waals surface area (Å²) in [6.45, 7) is 1.04. The Bertz CT molecular complexity index is 885. The van der Waals surface area contributed by atoms with Gasteiger partial charge in [0.1, 0.15) is 5.75 Å². The summed E-state index contributed by atoms with van der Waals surface area (Å²) in [4.78, 5) is 0. The van der Waals surface area contributed by atoms with Crippen molar-refractivity contribution in [1.82, 2.24) is 0 Å². The molecule has 2 rings (SSSR count). The fraction of sp³-hybridized carbons (Fsp3) is 0.294. The van der Waals surface area contributed by atoms with E-state index < -0.39 is 51.3 Å². The molecule has 0 unspecified atom stereocenters. The van der Waals surface area contributed by atoms with Crippen LogP contribution >= 0.6 is 15.9 Å². The summed E-state index contributed by atoms with van der Waals surface area (Å²) in [6, 6.07) is 6.02. The molecule has 0 heterocycles. The number of ether oxygens (including phenoxy) is 1. The Hall–Kier alpha value is -1.98. The van der Waals surface area contributed by atoms with Crippen molar-refractivity contribution in [1.29, 1.82) is 0 Å². The highest BCUT2D eigenvalue weighted by atomic mass is 79.9. The van der Waals surface area contributed by atoms with E-state index in [2.05, 4.69) is 26.7 Å². The lowest BCUT2D eigenvalue weighted by molar-refractivity contribution is -0.348. The van der Waals surface area contributed by atoms with Crippen molar-refractivity contribution in [2.75, 3.05) is 0 Å². The number of hydrogen-bond donors (Lipinski definition) is 0. The van der Waals surface area contributed by atoms with Crippen LogP contribution in [-0.4, -0.2) is 18.7 Å². The number of halogens is 11. The number of hydrogen-bond acceptors (Lipinski definition) is 1. The zero-order chi connectivity index (χ0) is 22.4. The molecule has 1 nitrogen and oxygen atoms in total. The Morgan fingerprint density at radius 3 is 1.86 bits per heavy atom. The highest BCUT2D eigenvalue weighted by Gasteiger charge is 2.74. The third-order valence-electron chi connectivity index (χ3n) is 3.69. The molecular weight excluding hydrogens is 490 g/mol. The summed E-state index contributed by atoms with van der Waals surface area (Å²) in [5.74, 6) is -1.12. The van der Waals surface area contributed by atoms with Crippen LogP contribution < -0.4 is 4.74 Å². The van der Waals surface area contributed by atoms with Crippen molar-refractivity contribution in [3.05, 3.63) is 52.0 Å². The van der Waals surface area contributed by atoms with Crippen LogP contribution in [0.2, 0.25) is 0 Å². The Labute approximate surface area is 165 Å². The van der Waals surface area contributed by atoms with Gasteiger partial charge in [0, 0.05) is 27.2 Å². The van der Waals surface area contributed by atoms with Gasteiger partial charge in [0.15, 0.2) is 0 Å². The summed E-state index contributed by atoms with van der Waals surface area (Å²) < 4.78 is 135. The lowest BCUT2D eigenvalue weighted by Gasteiger charge is -2.32. The van der Waals surface area contributed by atoms with Crippen molar-refractivity contribution in [3.63, 3.8) is 0 Å². The number of rotatable bonds is 3. The fourth-order valence-corrected chi connectivity index (χ4v) is 3.31. The van der Waals surface area contributed by atoms with Gasteiger partial charge in [0.2, 0.25) is 0 Å². The van der Waals surface area contributed by atoms with Crippen LogP contribution in [0.4, 0.5) is 43.9 Å². The van der Waals surface area contributed by atoms with Crippen molar-refractivity contribution in [2.24, 2.45) is 0 Å². The van der Waals surface area contributed by atoms with Gasteiger partial charge in [-0.25, -0.2) is 4.39 Å². The van der Waals surface area contributed by atoms with Crippen LogP contribution in [0, 0.1) is 13.0 Å². The van der Waals surface area contributed by atoms with Crippen molar-refractivity contribution >= 4 is 15.9 Å². The molecule has 0 saturated carbocycles. The maximum absolute atomic E-state index is 14.8. The summed E-state index contributed by atoms with van der Waals surface area (Å²) in [5.41, 5.74) is -10.1. The second-order valence-electron chi connectivity index (χ2n) is 5.75. The molecule has 0 bridgehead atoms. The van der Waals surface area contributed by atoms with Crippen LogP contribution in [0.5, 0.6) is 5.75 Å². The molecule has 159 valence electrons. The first-order valence-corrected chi connectivity index (χ1v) is 8.18. The van der Waals surface area contributed by atoms with E-state index in [1.807, 2.05) is 0 Å². The van der Waals surface area contributed by atoms with Gasteiger partial charge in [-0.05, 0) is 34.5 Å². The zero-order valence-electron chi connectivity index (χ0n) is 14.0. The summed E-state index contributed by atoms with van der Waals surface area (Å²) in [6.07, 6.45) is -18.2. The molecule has 2 aromatic carbocycles. The summed E-state index contributed by atoms with van der Waals surface area (Å²) in [5, 5.41) is 0. The maximum Gasteiger partial charge on any atom is 0.573 e. The predicted molar refractivity (Wildman–Crippen MR) is 84.7 cm³/mol. The highest BCUT2D eigenvalue weighted by Crippen LogP contribution is 2.57. The molecule has 0 atom stereocenters. The molecule has 0 amide bonds. The predicted octanol–water partition coefficient (Wildman–Crippen LogP) is 7.41. The largest absolute Gasteiger partial charge is 0.573 e. The van der Waals surface area contributed by atoms with E-state index in [0.717, 1.165) is 25.1 Å². The molecule has 12 heteroatoms. The Balaban J connectivity index is 2.95. The number of benzene rings is 2. The summed E-state index contributed by atoms with van der Waals surface area (Å²) >= 11 is 2.68. The molecule has 0 aliphatic heterocycles. The Morgan fingerprint density at radius 1 is 0.862 bits per heavy atom. The lowest BCUT2D eigenvalue weighted by Crippen LogP contribution is -2.50. The van der Waals surface area contributed by atoms with Gasteiger partial charge in [0.25, 0.3) is 0 Å².